The van der Waals surface area contributed by atoms with Crippen LogP contribution >= 0.6 is 0 Å². The van der Waals surface area contributed by atoms with Gasteiger partial charge in [0.1, 0.15) is 6.54 Å². The minimum atomic E-state index is -0.0517. The van der Waals surface area contributed by atoms with Gasteiger partial charge in [-0.2, -0.15) is 5.10 Å². The Labute approximate surface area is 151 Å². The number of aryl methyl sites for hydroxylation is 2. The highest BCUT2D eigenvalue weighted by Gasteiger charge is 2.24. The van der Waals surface area contributed by atoms with Crippen molar-refractivity contribution in [1.82, 2.24) is 30.0 Å². The van der Waals surface area contributed by atoms with Crippen molar-refractivity contribution in [2.75, 3.05) is 0 Å². The molecule has 0 bridgehead atoms. The number of nitrogens with one attached hydrogen (secondary N) is 1. The second-order valence-corrected chi connectivity index (χ2v) is 6.50. The van der Waals surface area contributed by atoms with Crippen molar-refractivity contribution in [3.05, 3.63) is 59.9 Å². The van der Waals surface area contributed by atoms with Gasteiger partial charge in [0.25, 0.3) is 0 Å². The molecule has 0 aromatic carbocycles. The summed E-state index contributed by atoms with van der Waals surface area (Å²) in [5, 5.41) is 7.36. The Kier molecular flexibility index (Phi) is 4.43. The van der Waals surface area contributed by atoms with Crippen LogP contribution in [-0.2, 0) is 17.8 Å². The first-order valence-corrected chi connectivity index (χ1v) is 8.74. The predicted octanol–water partition coefficient (Wildman–Crippen LogP) is 2.24. The largest absolute Gasteiger partial charge is 0.348 e. The number of carbonyl (C=O) groups excluding carboxylic acids is 1. The summed E-state index contributed by atoms with van der Waals surface area (Å²) in [4.78, 5) is 25.6. The molecule has 0 aliphatic heterocycles. The fourth-order valence-electron chi connectivity index (χ4n) is 3.28. The Morgan fingerprint density at radius 1 is 1.31 bits per heavy atom. The average molecular weight is 348 g/mol. The number of hydrogen-bond donors (Lipinski definition) is 1. The number of hydrogen-bond acceptors (Lipinski definition) is 5. The van der Waals surface area contributed by atoms with Crippen LogP contribution < -0.4 is 5.32 Å². The van der Waals surface area contributed by atoms with Gasteiger partial charge in [-0.05, 0) is 44.4 Å². The maximum Gasteiger partial charge on any atom is 0.242 e. The number of fused-ring (bicyclic) bond motifs is 1. The summed E-state index contributed by atoms with van der Waals surface area (Å²) in [5.74, 6) is 0.648. The highest BCUT2D eigenvalue weighted by molar-refractivity contribution is 5.76. The normalized spacial score (nSPS) is 16.1. The van der Waals surface area contributed by atoms with Crippen molar-refractivity contribution < 1.29 is 4.79 Å². The molecule has 1 N–H and O–H groups in total. The molecule has 1 aliphatic rings. The standard InChI is InChI=1S/C19H20N6O/c1-13-7-10-25(24-13)12-18(26)22-16-3-2-4-17-15(16)11-21-19(23-17)14-5-8-20-9-6-14/h5-11,16H,2-4,12H2,1H3,(H,22,26). The van der Waals surface area contributed by atoms with Gasteiger partial charge in [-0.1, -0.05) is 0 Å². The highest BCUT2D eigenvalue weighted by atomic mass is 16.2. The van der Waals surface area contributed by atoms with E-state index in [2.05, 4.69) is 20.4 Å². The first kappa shape index (κ1) is 16.4. The molecule has 4 rings (SSSR count). The van der Waals surface area contributed by atoms with Crippen molar-refractivity contribution in [3.8, 4) is 11.4 Å². The molecule has 0 saturated carbocycles. The molecule has 7 heteroatoms. The van der Waals surface area contributed by atoms with E-state index in [9.17, 15) is 4.79 Å². The van der Waals surface area contributed by atoms with E-state index in [0.717, 1.165) is 41.8 Å². The second-order valence-electron chi connectivity index (χ2n) is 6.50. The van der Waals surface area contributed by atoms with Crippen LogP contribution in [0.1, 0.15) is 35.8 Å². The highest BCUT2D eigenvalue weighted by Crippen LogP contribution is 2.29. The molecule has 0 radical (unpaired) electrons. The van der Waals surface area contributed by atoms with Gasteiger partial charge < -0.3 is 5.32 Å². The number of rotatable bonds is 4. The van der Waals surface area contributed by atoms with Gasteiger partial charge in [0, 0.05) is 41.6 Å². The summed E-state index contributed by atoms with van der Waals surface area (Å²) in [6, 6.07) is 5.64. The molecular formula is C19H20N6O. The fraction of sp³-hybridized carbons (Fsp3) is 0.316. The zero-order valence-corrected chi connectivity index (χ0v) is 14.6. The summed E-state index contributed by atoms with van der Waals surface area (Å²) >= 11 is 0. The van der Waals surface area contributed by atoms with Gasteiger partial charge >= 0.3 is 0 Å². The molecule has 0 spiro atoms. The molecule has 7 nitrogen and oxygen atoms in total. The number of carbonyl (C=O) groups is 1. The van der Waals surface area contributed by atoms with Crippen molar-refractivity contribution in [3.63, 3.8) is 0 Å². The molecular weight excluding hydrogens is 328 g/mol. The van der Waals surface area contributed by atoms with Crippen LogP contribution in [0.25, 0.3) is 11.4 Å². The molecule has 1 aliphatic carbocycles. The van der Waals surface area contributed by atoms with Gasteiger partial charge in [0.15, 0.2) is 5.82 Å². The van der Waals surface area contributed by atoms with E-state index in [1.165, 1.54) is 0 Å². The fourth-order valence-corrected chi connectivity index (χ4v) is 3.28. The molecule has 3 heterocycles. The van der Waals surface area contributed by atoms with Crippen LogP contribution in [0.15, 0.2) is 43.0 Å². The molecule has 26 heavy (non-hydrogen) atoms. The summed E-state index contributed by atoms with van der Waals surface area (Å²) in [7, 11) is 0. The molecule has 1 amide bonds. The zero-order chi connectivity index (χ0) is 17.9. The van der Waals surface area contributed by atoms with Gasteiger partial charge in [0.2, 0.25) is 5.91 Å². The topological polar surface area (TPSA) is 85.6 Å². The summed E-state index contributed by atoms with van der Waals surface area (Å²) in [6.07, 6.45) is 9.92. The predicted molar refractivity (Wildman–Crippen MR) is 96.0 cm³/mol. The van der Waals surface area contributed by atoms with Crippen LogP contribution in [0, 0.1) is 6.92 Å². The molecule has 0 fully saturated rings. The van der Waals surface area contributed by atoms with Crippen LogP contribution in [0.2, 0.25) is 0 Å². The zero-order valence-electron chi connectivity index (χ0n) is 14.6. The van der Waals surface area contributed by atoms with E-state index in [1.807, 2.05) is 37.5 Å². The first-order valence-electron chi connectivity index (χ1n) is 8.74. The second kappa shape index (κ2) is 7.03. The lowest BCUT2D eigenvalue weighted by Crippen LogP contribution is -2.34. The van der Waals surface area contributed by atoms with E-state index < -0.39 is 0 Å². The first-order chi connectivity index (χ1) is 12.7. The third-order valence-corrected chi connectivity index (χ3v) is 4.54. The van der Waals surface area contributed by atoms with E-state index in [1.54, 1.807) is 17.1 Å². The number of nitrogens with zero attached hydrogens (tertiary/aromatic N) is 5. The van der Waals surface area contributed by atoms with Crippen LogP contribution in [0.3, 0.4) is 0 Å². The van der Waals surface area contributed by atoms with E-state index in [0.29, 0.717) is 5.82 Å². The number of aromatic nitrogens is 5. The van der Waals surface area contributed by atoms with E-state index in [-0.39, 0.29) is 18.5 Å². The van der Waals surface area contributed by atoms with Crippen LogP contribution in [0.5, 0.6) is 0 Å². The maximum atomic E-state index is 12.4. The summed E-state index contributed by atoms with van der Waals surface area (Å²) in [6.45, 7) is 2.12. The minimum absolute atomic E-state index is 0.0469. The van der Waals surface area contributed by atoms with Crippen molar-refractivity contribution in [2.24, 2.45) is 0 Å². The summed E-state index contributed by atoms with van der Waals surface area (Å²) < 4.78 is 1.65. The lowest BCUT2D eigenvalue weighted by atomic mass is 9.92. The Morgan fingerprint density at radius 2 is 2.15 bits per heavy atom. The van der Waals surface area contributed by atoms with Gasteiger partial charge in [0.05, 0.1) is 11.7 Å². The molecule has 3 aromatic rings. The smallest absolute Gasteiger partial charge is 0.242 e. The third kappa shape index (κ3) is 3.46. The monoisotopic (exact) mass is 348 g/mol. The number of amides is 1. The van der Waals surface area contributed by atoms with Crippen molar-refractivity contribution in [2.45, 2.75) is 38.8 Å². The molecule has 3 aromatic heterocycles. The lowest BCUT2D eigenvalue weighted by Gasteiger charge is -2.25. The lowest BCUT2D eigenvalue weighted by molar-refractivity contribution is -0.122. The SMILES string of the molecule is Cc1ccn(CC(=O)NC2CCCc3nc(-c4ccncc4)ncc32)n1. The van der Waals surface area contributed by atoms with Crippen LogP contribution in [-0.4, -0.2) is 30.6 Å². The minimum Gasteiger partial charge on any atom is -0.348 e. The molecule has 1 atom stereocenters. The number of pyridine rings is 1. The van der Waals surface area contributed by atoms with Gasteiger partial charge in [-0.3, -0.25) is 14.5 Å². The molecule has 0 saturated heterocycles. The Balaban J connectivity index is 1.51. The van der Waals surface area contributed by atoms with Crippen LogP contribution in [0.4, 0.5) is 0 Å². The third-order valence-electron chi connectivity index (χ3n) is 4.54. The van der Waals surface area contributed by atoms with Crippen molar-refractivity contribution >= 4 is 5.91 Å². The quantitative estimate of drug-likeness (QED) is 0.781. The summed E-state index contributed by atoms with van der Waals surface area (Å²) in [5.41, 5.74) is 3.87. The van der Waals surface area contributed by atoms with E-state index >= 15 is 0 Å². The van der Waals surface area contributed by atoms with E-state index in [4.69, 9.17) is 4.98 Å². The Hall–Kier alpha value is -3.09. The average Bonchev–Trinajstić information content (AvgIpc) is 3.07. The molecule has 1 unspecified atom stereocenters. The molecule has 132 valence electrons. The maximum absolute atomic E-state index is 12.4. The van der Waals surface area contributed by atoms with Gasteiger partial charge in [-0.15, -0.1) is 0 Å². The Morgan fingerprint density at radius 3 is 2.92 bits per heavy atom. The van der Waals surface area contributed by atoms with Gasteiger partial charge in [-0.25, -0.2) is 9.97 Å². The van der Waals surface area contributed by atoms with Crippen molar-refractivity contribution in [1.29, 1.82) is 0 Å². The Bertz CT molecular complexity index is 921.